The summed E-state index contributed by atoms with van der Waals surface area (Å²) in [6, 6.07) is 65.4. The van der Waals surface area contributed by atoms with Gasteiger partial charge in [-0.1, -0.05) is 178 Å². The number of hydrogen-bond acceptors (Lipinski definition) is 1. The fourth-order valence-corrected chi connectivity index (χ4v) is 9.08. The van der Waals surface area contributed by atoms with Crippen LogP contribution in [0, 0.1) is 5.92 Å². The number of benzene rings is 9. The Bertz CT molecular complexity index is 3200. The molecule has 0 saturated heterocycles. The average molecular weight is 720 g/mol. The molecule has 1 nitrogen and oxygen atoms in total. The fourth-order valence-electron chi connectivity index (χ4n) is 9.08. The van der Waals surface area contributed by atoms with Crippen molar-refractivity contribution >= 4 is 66.4 Å². The lowest BCUT2D eigenvalue weighted by molar-refractivity contribution is 0.884. The zero-order valence-corrected chi connectivity index (χ0v) is 32.3. The molecule has 9 aromatic carbocycles. The van der Waals surface area contributed by atoms with E-state index in [1.54, 1.807) is 0 Å². The average Bonchev–Trinajstić information content (AvgIpc) is 3.28. The Kier molecular flexibility index (Phi) is 9.39. The molecule has 0 radical (unpaired) electrons. The highest BCUT2D eigenvalue weighted by molar-refractivity contribution is 6.20. The summed E-state index contributed by atoms with van der Waals surface area (Å²) in [5.74, 6) is 0.345. The predicted molar refractivity (Wildman–Crippen MR) is 243 cm³/mol. The van der Waals surface area contributed by atoms with Crippen molar-refractivity contribution in [3.05, 3.63) is 202 Å². The second-order valence-corrected chi connectivity index (χ2v) is 14.4. The minimum absolute atomic E-state index is 0.345. The normalized spacial score (nSPS) is 14.0. The van der Waals surface area contributed by atoms with E-state index in [9.17, 15) is 0 Å². The molecule has 0 saturated carbocycles. The van der Waals surface area contributed by atoms with Gasteiger partial charge in [0.05, 0.1) is 0 Å². The van der Waals surface area contributed by atoms with Gasteiger partial charge in [-0.25, -0.2) is 0 Å². The molecule has 0 amide bonds. The maximum Gasteiger partial charge on any atom is 0.0143 e. The zero-order valence-electron chi connectivity index (χ0n) is 32.3. The van der Waals surface area contributed by atoms with E-state index in [1.165, 1.54) is 110 Å². The monoisotopic (exact) mass is 719 g/mol. The topological polar surface area (TPSA) is 26.0 Å². The molecule has 0 spiro atoms. The van der Waals surface area contributed by atoms with Gasteiger partial charge in [0.2, 0.25) is 0 Å². The predicted octanol–water partition coefficient (Wildman–Crippen LogP) is 10.9. The van der Waals surface area contributed by atoms with Gasteiger partial charge in [-0.2, -0.15) is 0 Å². The minimum atomic E-state index is 0.345. The third kappa shape index (κ3) is 5.93. The van der Waals surface area contributed by atoms with Crippen LogP contribution >= 0.6 is 0 Å². The van der Waals surface area contributed by atoms with Crippen LogP contribution in [0.5, 0.6) is 0 Å². The van der Waals surface area contributed by atoms with E-state index in [0.29, 0.717) is 5.92 Å². The Morgan fingerprint density at radius 2 is 0.982 bits per heavy atom. The van der Waals surface area contributed by atoms with E-state index in [2.05, 4.69) is 194 Å². The standard InChI is InChI=1S/C52H34.C2H6.CH5N/c1-5-13-43-34(9-1)25-27-47-49(43)31-40-11-3-7-15-45(40)51(47)36-19-17-33(18-20-36)37-21-22-39-30-42(24-23-38(39)29-37)52-46-16-8-4-12-41(46)32-50-44-14-6-2-10-35(44)26-28-48(50)52;2*1-2/h1-27,29-32,48H,28H2;1-2H3;2H2,1H3. The summed E-state index contributed by atoms with van der Waals surface area (Å²) in [5, 5.41) is 15.6. The Labute approximate surface area is 328 Å². The van der Waals surface area contributed by atoms with Gasteiger partial charge < -0.3 is 5.73 Å². The van der Waals surface area contributed by atoms with E-state index in [1.807, 2.05) is 13.8 Å². The van der Waals surface area contributed by atoms with Crippen molar-refractivity contribution in [1.29, 1.82) is 0 Å². The largest absolute Gasteiger partial charge is 0.333 e. The van der Waals surface area contributed by atoms with E-state index in [0.717, 1.165) is 6.42 Å². The third-order valence-corrected chi connectivity index (χ3v) is 11.6. The number of nitrogens with two attached hydrogens (primary N) is 1. The number of hydrogen-bond donors (Lipinski definition) is 1. The molecule has 1 unspecified atom stereocenters. The van der Waals surface area contributed by atoms with Crippen molar-refractivity contribution in [1.82, 2.24) is 0 Å². The van der Waals surface area contributed by atoms with Crippen molar-refractivity contribution in [2.24, 2.45) is 11.7 Å². The summed E-state index contributed by atoms with van der Waals surface area (Å²) in [5.41, 5.74) is 13.7. The Morgan fingerprint density at radius 3 is 1.77 bits per heavy atom. The Morgan fingerprint density at radius 1 is 0.411 bits per heavy atom. The second kappa shape index (κ2) is 14.9. The molecule has 2 aliphatic carbocycles. The SMILES string of the molecule is C1=c2ccccc2=C2C=c3ccccc3=C(c3ccc4cc(-c5ccc(-c6c7ccccc7cc7c6ccc6ccccc67)cc5)ccc4c3)C2C1.CC.CN. The lowest BCUT2D eigenvalue weighted by Crippen LogP contribution is -2.40. The Hall–Kier alpha value is -6.54. The lowest BCUT2D eigenvalue weighted by atomic mass is 9.76. The maximum atomic E-state index is 4.50. The lowest BCUT2D eigenvalue weighted by Gasteiger charge is -2.27. The maximum absolute atomic E-state index is 4.50. The van der Waals surface area contributed by atoms with E-state index in [-0.39, 0.29) is 0 Å². The van der Waals surface area contributed by atoms with Gasteiger partial charge >= 0.3 is 0 Å². The van der Waals surface area contributed by atoms with E-state index < -0.39 is 0 Å². The first kappa shape index (κ1) is 35.2. The van der Waals surface area contributed by atoms with Gasteiger partial charge in [0.25, 0.3) is 0 Å². The molecule has 2 N–H and O–H groups in total. The minimum Gasteiger partial charge on any atom is -0.333 e. The summed E-state index contributed by atoms with van der Waals surface area (Å²) in [6.45, 7) is 4.00. The van der Waals surface area contributed by atoms with Crippen molar-refractivity contribution in [2.45, 2.75) is 20.3 Å². The Balaban J connectivity index is 0.000000994. The molecule has 11 rings (SSSR count). The van der Waals surface area contributed by atoms with Crippen LogP contribution in [-0.4, -0.2) is 7.05 Å². The van der Waals surface area contributed by atoms with Crippen LogP contribution in [0.1, 0.15) is 25.8 Å². The second-order valence-electron chi connectivity index (χ2n) is 14.4. The summed E-state index contributed by atoms with van der Waals surface area (Å²) in [4.78, 5) is 0. The summed E-state index contributed by atoms with van der Waals surface area (Å²) < 4.78 is 0. The quantitative estimate of drug-likeness (QED) is 0.143. The van der Waals surface area contributed by atoms with E-state index >= 15 is 0 Å². The number of rotatable bonds is 3. The smallest absolute Gasteiger partial charge is 0.0143 e. The highest BCUT2D eigenvalue weighted by Gasteiger charge is 2.25. The molecule has 1 atom stereocenters. The first-order chi connectivity index (χ1) is 27.8. The summed E-state index contributed by atoms with van der Waals surface area (Å²) in [6.07, 6.45) is 5.87. The molecule has 270 valence electrons. The van der Waals surface area contributed by atoms with Crippen LogP contribution in [0.2, 0.25) is 0 Å². The van der Waals surface area contributed by atoms with Crippen LogP contribution in [0.3, 0.4) is 0 Å². The highest BCUT2D eigenvalue weighted by atomic mass is 14.4. The molecule has 0 heterocycles. The van der Waals surface area contributed by atoms with Gasteiger partial charge in [-0.3, -0.25) is 0 Å². The van der Waals surface area contributed by atoms with Crippen LogP contribution in [0.4, 0.5) is 0 Å². The molecule has 56 heavy (non-hydrogen) atoms. The van der Waals surface area contributed by atoms with Crippen LogP contribution in [-0.2, 0) is 0 Å². The first-order valence-electron chi connectivity index (χ1n) is 19.9. The van der Waals surface area contributed by atoms with Gasteiger partial charge in [0.15, 0.2) is 0 Å². The first-order valence-corrected chi connectivity index (χ1v) is 19.9. The van der Waals surface area contributed by atoms with Crippen molar-refractivity contribution in [3.8, 4) is 22.3 Å². The molecule has 2 aliphatic rings. The van der Waals surface area contributed by atoms with Crippen LogP contribution in [0.15, 0.2) is 176 Å². The van der Waals surface area contributed by atoms with Crippen molar-refractivity contribution < 1.29 is 0 Å². The molecular formula is C55H45N. The fraction of sp³-hybridized carbons (Fsp3) is 0.0909. The van der Waals surface area contributed by atoms with Gasteiger partial charge in [0.1, 0.15) is 0 Å². The van der Waals surface area contributed by atoms with Crippen molar-refractivity contribution in [2.75, 3.05) is 7.05 Å². The molecule has 0 bridgehead atoms. The number of fused-ring (bicyclic) bond motifs is 8. The molecule has 9 aromatic rings. The molecule has 0 fully saturated rings. The zero-order chi connectivity index (χ0) is 38.2. The van der Waals surface area contributed by atoms with Crippen molar-refractivity contribution in [3.63, 3.8) is 0 Å². The van der Waals surface area contributed by atoms with Crippen LogP contribution < -0.4 is 26.6 Å². The van der Waals surface area contributed by atoms with Gasteiger partial charge in [-0.15, -0.1) is 0 Å². The molecule has 0 aliphatic heterocycles. The highest BCUT2D eigenvalue weighted by Crippen LogP contribution is 2.40. The summed E-state index contributed by atoms with van der Waals surface area (Å²) in [7, 11) is 1.50. The third-order valence-electron chi connectivity index (χ3n) is 11.6. The summed E-state index contributed by atoms with van der Waals surface area (Å²) >= 11 is 0. The molecule has 0 aromatic heterocycles. The van der Waals surface area contributed by atoms with Crippen LogP contribution in [0.25, 0.3) is 88.6 Å². The molecular weight excluding hydrogens is 675 g/mol. The van der Waals surface area contributed by atoms with E-state index in [4.69, 9.17) is 0 Å². The van der Waals surface area contributed by atoms with Gasteiger partial charge in [-0.05, 0) is 141 Å². The molecule has 1 heteroatoms. The van der Waals surface area contributed by atoms with Gasteiger partial charge in [0, 0.05) is 5.92 Å².